The van der Waals surface area contributed by atoms with Gasteiger partial charge in [0.2, 0.25) is 0 Å². The maximum atomic E-state index is 11.6. The molecule has 2 rings (SSSR count). The quantitative estimate of drug-likeness (QED) is 0.795. The normalized spacial score (nSPS) is 9.83. The molecule has 0 aliphatic rings. The van der Waals surface area contributed by atoms with E-state index in [0.717, 1.165) is 5.56 Å². The van der Waals surface area contributed by atoms with Gasteiger partial charge in [-0.15, -0.1) is 0 Å². The van der Waals surface area contributed by atoms with Gasteiger partial charge < -0.3 is 10.5 Å². The Morgan fingerprint density at radius 3 is 2.67 bits per heavy atom. The second-order valence-corrected chi connectivity index (χ2v) is 3.96. The Balaban J connectivity index is 2.01. The number of nitrogen functional groups attached to an aromatic ring is 1. The van der Waals surface area contributed by atoms with E-state index in [1.165, 1.54) is 0 Å². The molecule has 2 aromatic rings. The molecule has 0 spiro atoms. The van der Waals surface area contributed by atoms with Crippen LogP contribution in [0.15, 0.2) is 48.5 Å². The van der Waals surface area contributed by atoms with E-state index >= 15 is 0 Å². The number of ether oxygens (including phenoxy) is 1. The van der Waals surface area contributed by atoms with Crippen LogP contribution in [0.2, 0.25) is 0 Å². The lowest BCUT2D eigenvalue weighted by molar-refractivity contribution is 0.215. The maximum absolute atomic E-state index is 11.6. The molecular formula is C14H14N2O2. The maximum Gasteiger partial charge on any atom is 0.417 e. The van der Waals surface area contributed by atoms with Crippen LogP contribution in [-0.2, 0) is 0 Å². The molecule has 0 heterocycles. The molecule has 3 N–H and O–H groups in total. The number of anilines is 2. The van der Waals surface area contributed by atoms with Crippen molar-refractivity contribution in [1.29, 1.82) is 0 Å². The summed E-state index contributed by atoms with van der Waals surface area (Å²) in [5.41, 5.74) is 7.84. The van der Waals surface area contributed by atoms with Crippen LogP contribution in [0.1, 0.15) is 5.56 Å². The first-order valence-electron chi connectivity index (χ1n) is 5.54. The molecule has 0 fully saturated rings. The summed E-state index contributed by atoms with van der Waals surface area (Å²) < 4.78 is 5.15. The van der Waals surface area contributed by atoms with Crippen molar-refractivity contribution in [2.75, 3.05) is 11.1 Å². The summed E-state index contributed by atoms with van der Waals surface area (Å²) in [6.07, 6.45) is -0.536. The van der Waals surface area contributed by atoms with Crippen LogP contribution in [-0.4, -0.2) is 6.09 Å². The number of carbonyl (C=O) groups excluding carboxylic acids is 1. The molecule has 0 atom stereocenters. The third-order valence-electron chi connectivity index (χ3n) is 2.33. The van der Waals surface area contributed by atoms with Gasteiger partial charge in [0.25, 0.3) is 0 Å². The molecule has 18 heavy (non-hydrogen) atoms. The second kappa shape index (κ2) is 5.23. The van der Waals surface area contributed by atoms with Gasteiger partial charge in [-0.2, -0.15) is 0 Å². The molecular weight excluding hydrogens is 228 g/mol. The summed E-state index contributed by atoms with van der Waals surface area (Å²) >= 11 is 0. The molecule has 0 aliphatic heterocycles. The SMILES string of the molecule is Cc1cccc(OC(=O)Nc2cccc(N)c2)c1. The fourth-order valence-corrected chi connectivity index (χ4v) is 1.55. The topological polar surface area (TPSA) is 64.3 Å². The monoisotopic (exact) mass is 242 g/mol. The number of benzene rings is 2. The number of rotatable bonds is 2. The van der Waals surface area contributed by atoms with Crippen LogP contribution in [0.25, 0.3) is 0 Å². The van der Waals surface area contributed by atoms with Crippen LogP contribution < -0.4 is 15.8 Å². The molecule has 0 aromatic heterocycles. The smallest absolute Gasteiger partial charge is 0.410 e. The Morgan fingerprint density at radius 2 is 1.94 bits per heavy atom. The number of hydrogen-bond donors (Lipinski definition) is 2. The number of hydrogen-bond acceptors (Lipinski definition) is 3. The van der Waals surface area contributed by atoms with Gasteiger partial charge in [-0.3, -0.25) is 5.32 Å². The average molecular weight is 242 g/mol. The van der Waals surface area contributed by atoms with Crippen molar-refractivity contribution < 1.29 is 9.53 Å². The van der Waals surface area contributed by atoms with Gasteiger partial charge in [-0.1, -0.05) is 18.2 Å². The Bertz CT molecular complexity index is 518. The Morgan fingerprint density at radius 1 is 1.17 bits per heavy atom. The van der Waals surface area contributed by atoms with E-state index in [1.807, 2.05) is 19.1 Å². The number of carbonyl (C=O) groups is 1. The summed E-state index contributed by atoms with van der Waals surface area (Å²) in [4.78, 5) is 11.6. The minimum absolute atomic E-state index is 0.511. The van der Waals surface area contributed by atoms with E-state index in [-0.39, 0.29) is 0 Å². The fourth-order valence-electron chi connectivity index (χ4n) is 1.55. The molecule has 0 bridgehead atoms. The summed E-state index contributed by atoms with van der Waals surface area (Å²) in [5, 5.41) is 2.61. The van der Waals surface area contributed by atoms with Crippen LogP contribution >= 0.6 is 0 Å². The summed E-state index contributed by atoms with van der Waals surface area (Å²) in [5.74, 6) is 0.511. The van der Waals surface area contributed by atoms with Crippen molar-refractivity contribution in [3.63, 3.8) is 0 Å². The molecule has 0 radical (unpaired) electrons. The minimum Gasteiger partial charge on any atom is -0.410 e. The number of nitrogens with two attached hydrogens (primary N) is 1. The lowest BCUT2D eigenvalue weighted by Gasteiger charge is -2.07. The highest BCUT2D eigenvalue weighted by molar-refractivity contribution is 5.86. The predicted molar refractivity (Wildman–Crippen MR) is 71.7 cm³/mol. The lowest BCUT2D eigenvalue weighted by Crippen LogP contribution is -2.16. The molecule has 1 amide bonds. The van der Waals surface area contributed by atoms with Crippen molar-refractivity contribution in [1.82, 2.24) is 0 Å². The highest BCUT2D eigenvalue weighted by Gasteiger charge is 2.05. The third-order valence-corrected chi connectivity index (χ3v) is 2.33. The first-order valence-corrected chi connectivity index (χ1v) is 5.54. The van der Waals surface area contributed by atoms with Crippen LogP contribution in [0.4, 0.5) is 16.2 Å². The first-order chi connectivity index (χ1) is 8.63. The molecule has 0 saturated heterocycles. The van der Waals surface area contributed by atoms with Crippen LogP contribution in [0.3, 0.4) is 0 Å². The molecule has 92 valence electrons. The van der Waals surface area contributed by atoms with E-state index in [4.69, 9.17) is 10.5 Å². The van der Waals surface area contributed by atoms with Gasteiger partial charge in [0.1, 0.15) is 5.75 Å². The van der Waals surface area contributed by atoms with E-state index in [0.29, 0.717) is 17.1 Å². The van der Waals surface area contributed by atoms with E-state index in [1.54, 1.807) is 36.4 Å². The number of amides is 1. The second-order valence-electron chi connectivity index (χ2n) is 3.96. The largest absolute Gasteiger partial charge is 0.417 e. The molecule has 0 aliphatic carbocycles. The van der Waals surface area contributed by atoms with Gasteiger partial charge in [-0.05, 0) is 42.8 Å². The fraction of sp³-hybridized carbons (Fsp3) is 0.0714. The number of nitrogens with one attached hydrogen (secondary N) is 1. The summed E-state index contributed by atoms with van der Waals surface area (Å²) in [6, 6.07) is 14.2. The van der Waals surface area contributed by atoms with Crippen molar-refractivity contribution in [2.45, 2.75) is 6.92 Å². The number of aryl methyl sites for hydroxylation is 1. The molecule has 0 saturated carbocycles. The van der Waals surface area contributed by atoms with Crippen molar-refractivity contribution in [3.05, 3.63) is 54.1 Å². The first kappa shape index (κ1) is 12.0. The van der Waals surface area contributed by atoms with Crippen LogP contribution in [0.5, 0.6) is 5.75 Å². The summed E-state index contributed by atoms with van der Waals surface area (Å²) in [6.45, 7) is 1.93. The highest BCUT2D eigenvalue weighted by atomic mass is 16.6. The zero-order valence-electron chi connectivity index (χ0n) is 10.0. The molecule has 4 heteroatoms. The average Bonchev–Trinajstić information content (AvgIpc) is 2.28. The van der Waals surface area contributed by atoms with E-state index in [9.17, 15) is 4.79 Å². The van der Waals surface area contributed by atoms with Crippen molar-refractivity contribution >= 4 is 17.5 Å². The zero-order valence-corrected chi connectivity index (χ0v) is 10.0. The summed E-state index contributed by atoms with van der Waals surface area (Å²) in [7, 11) is 0. The predicted octanol–water partition coefficient (Wildman–Crippen LogP) is 3.19. The van der Waals surface area contributed by atoms with Gasteiger partial charge in [-0.25, -0.2) is 4.79 Å². The van der Waals surface area contributed by atoms with Crippen molar-refractivity contribution in [3.8, 4) is 5.75 Å². The standard InChI is InChI=1S/C14H14N2O2/c1-10-4-2-7-13(8-10)18-14(17)16-12-6-3-5-11(15)9-12/h2-9H,15H2,1H3,(H,16,17). The molecule has 2 aromatic carbocycles. The van der Waals surface area contributed by atoms with Gasteiger partial charge in [0, 0.05) is 11.4 Å². The van der Waals surface area contributed by atoms with Crippen LogP contribution in [0, 0.1) is 6.92 Å². The van der Waals surface area contributed by atoms with E-state index < -0.39 is 6.09 Å². The third kappa shape index (κ3) is 3.25. The van der Waals surface area contributed by atoms with Gasteiger partial charge >= 0.3 is 6.09 Å². The minimum atomic E-state index is -0.536. The van der Waals surface area contributed by atoms with Crippen molar-refractivity contribution in [2.24, 2.45) is 0 Å². The molecule has 4 nitrogen and oxygen atoms in total. The Hall–Kier alpha value is -2.49. The van der Waals surface area contributed by atoms with Gasteiger partial charge in [0.05, 0.1) is 0 Å². The van der Waals surface area contributed by atoms with Gasteiger partial charge in [0.15, 0.2) is 0 Å². The highest BCUT2D eigenvalue weighted by Crippen LogP contribution is 2.15. The Labute approximate surface area is 105 Å². The Kier molecular flexibility index (Phi) is 3.48. The zero-order chi connectivity index (χ0) is 13.0. The molecule has 0 unspecified atom stereocenters. The van der Waals surface area contributed by atoms with E-state index in [2.05, 4.69) is 5.32 Å². The lowest BCUT2D eigenvalue weighted by atomic mass is 10.2.